The maximum absolute atomic E-state index is 13.0. The summed E-state index contributed by atoms with van der Waals surface area (Å²) in [5.74, 6) is -0.348. The third kappa shape index (κ3) is 3.01. The van der Waals surface area contributed by atoms with Crippen LogP contribution in [0.1, 0.15) is 18.1 Å². The number of aryl methyl sites for hydroxylation is 1. The molecule has 0 spiro atoms. The van der Waals surface area contributed by atoms with Crippen LogP contribution in [0.25, 0.3) is 0 Å². The molecule has 2 rings (SSSR count). The second-order valence-electron chi connectivity index (χ2n) is 4.13. The van der Waals surface area contributed by atoms with Crippen LogP contribution in [0.2, 0.25) is 0 Å². The summed E-state index contributed by atoms with van der Waals surface area (Å²) in [4.78, 5) is 25.4. The van der Waals surface area contributed by atoms with Crippen molar-refractivity contribution >= 4 is 15.9 Å². The molecule has 1 aromatic heterocycles. The van der Waals surface area contributed by atoms with E-state index >= 15 is 0 Å². The van der Waals surface area contributed by atoms with Crippen LogP contribution in [0.15, 0.2) is 38.5 Å². The SMILES string of the molecule is CCc1cn(Cc2ccc(F)cc2Br)c(=O)[nH]c1=O. The van der Waals surface area contributed by atoms with Gasteiger partial charge in [0, 0.05) is 16.2 Å². The Kier molecular flexibility index (Phi) is 3.99. The van der Waals surface area contributed by atoms with Crippen molar-refractivity contribution in [3.8, 4) is 0 Å². The van der Waals surface area contributed by atoms with Crippen LogP contribution in [-0.4, -0.2) is 9.55 Å². The van der Waals surface area contributed by atoms with Crippen LogP contribution in [-0.2, 0) is 13.0 Å². The molecule has 0 saturated carbocycles. The standard InChI is InChI=1S/C13H12BrFN2O2/c1-2-8-6-17(13(19)16-12(8)18)7-9-3-4-10(15)5-11(9)14/h3-6H,2,7H2,1H3,(H,16,18,19). The van der Waals surface area contributed by atoms with Crippen LogP contribution in [0, 0.1) is 5.82 Å². The van der Waals surface area contributed by atoms with E-state index in [1.54, 1.807) is 6.07 Å². The maximum Gasteiger partial charge on any atom is 0.328 e. The fourth-order valence-corrected chi connectivity index (χ4v) is 2.23. The predicted molar refractivity (Wildman–Crippen MR) is 73.9 cm³/mol. The van der Waals surface area contributed by atoms with Crippen LogP contribution in [0.4, 0.5) is 4.39 Å². The van der Waals surface area contributed by atoms with Crippen molar-refractivity contribution < 1.29 is 4.39 Å². The molecule has 0 unspecified atom stereocenters. The molecule has 6 heteroatoms. The first-order chi connectivity index (χ1) is 9.01. The molecule has 0 radical (unpaired) electrons. The van der Waals surface area contributed by atoms with Gasteiger partial charge < -0.3 is 0 Å². The van der Waals surface area contributed by atoms with Gasteiger partial charge in [0.1, 0.15) is 5.82 Å². The molecule has 2 aromatic rings. The predicted octanol–water partition coefficient (Wildman–Crippen LogP) is 2.05. The highest BCUT2D eigenvalue weighted by molar-refractivity contribution is 9.10. The largest absolute Gasteiger partial charge is 0.328 e. The zero-order valence-corrected chi connectivity index (χ0v) is 11.8. The van der Waals surface area contributed by atoms with Crippen molar-refractivity contribution in [3.05, 3.63) is 66.7 Å². The molecule has 1 N–H and O–H groups in total. The summed E-state index contributed by atoms with van der Waals surface area (Å²) < 4.78 is 15.0. The summed E-state index contributed by atoms with van der Waals surface area (Å²) in [5, 5.41) is 0. The highest BCUT2D eigenvalue weighted by Crippen LogP contribution is 2.18. The Morgan fingerprint density at radius 3 is 2.68 bits per heavy atom. The molecule has 0 fully saturated rings. The lowest BCUT2D eigenvalue weighted by molar-refractivity contribution is 0.624. The molecule has 0 aliphatic heterocycles. The lowest BCUT2D eigenvalue weighted by Crippen LogP contribution is -2.31. The third-order valence-corrected chi connectivity index (χ3v) is 3.56. The minimum absolute atomic E-state index is 0.267. The molecule has 0 amide bonds. The monoisotopic (exact) mass is 326 g/mol. The van der Waals surface area contributed by atoms with E-state index in [-0.39, 0.29) is 17.9 Å². The lowest BCUT2D eigenvalue weighted by Gasteiger charge is -2.08. The van der Waals surface area contributed by atoms with Gasteiger partial charge in [0.05, 0.1) is 6.54 Å². The zero-order valence-electron chi connectivity index (χ0n) is 10.2. The normalized spacial score (nSPS) is 10.7. The van der Waals surface area contributed by atoms with Gasteiger partial charge in [-0.1, -0.05) is 28.9 Å². The molecule has 0 saturated heterocycles. The number of hydrogen-bond acceptors (Lipinski definition) is 2. The van der Waals surface area contributed by atoms with Crippen LogP contribution < -0.4 is 11.2 Å². The van der Waals surface area contributed by atoms with Crippen LogP contribution in [0.3, 0.4) is 0 Å². The number of benzene rings is 1. The van der Waals surface area contributed by atoms with E-state index in [1.165, 1.54) is 22.9 Å². The summed E-state index contributed by atoms with van der Waals surface area (Å²) >= 11 is 3.25. The summed E-state index contributed by atoms with van der Waals surface area (Å²) in [5.41, 5.74) is 0.468. The van der Waals surface area contributed by atoms with Crippen LogP contribution in [0.5, 0.6) is 0 Å². The van der Waals surface area contributed by atoms with E-state index in [2.05, 4.69) is 20.9 Å². The number of rotatable bonds is 3. The smallest absolute Gasteiger partial charge is 0.296 e. The van der Waals surface area contributed by atoms with Gasteiger partial charge in [-0.2, -0.15) is 0 Å². The Balaban J connectivity index is 2.43. The summed E-state index contributed by atoms with van der Waals surface area (Å²) in [6.45, 7) is 2.11. The van der Waals surface area contributed by atoms with E-state index in [9.17, 15) is 14.0 Å². The van der Waals surface area contributed by atoms with Gasteiger partial charge in [-0.25, -0.2) is 9.18 Å². The van der Waals surface area contributed by atoms with Crippen LogP contribution >= 0.6 is 15.9 Å². The Morgan fingerprint density at radius 2 is 2.05 bits per heavy atom. The van der Waals surface area contributed by atoms with Gasteiger partial charge in [0.25, 0.3) is 5.56 Å². The number of hydrogen-bond donors (Lipinski definition) is 1. The van der Waals surface area contributed by atoms with E-state index in [4.69, 9.17) is 0 Å². The molecule has 19 heavy (non-hydrogen) atoms. The average molecular weight is 327 g/mol. The van der Waals surface area contributed by atoms with Gasteiger partial charge in [0.2, 0.25) is 0 Å². The molecular weight excluding hydrogens is 315 g/mol. The second-order valence-corrected chi connectivity index (χ2v) is 4.99. The fourth-order valence-electron chi connectivity index (χ4n) is 1.76. The zero-order chi connectivity index (χ0) is 14.0. The van der Waals surface area contributed by atoms with Gasteiger partial charge in [0.15, 0.2) is 0 Å². The van der Waals surface area contributed by atoms with E-state index in [1.807, 2.05) is 6.92 Å². The quantitative estimate of drug-likeness (QED) is 0.938. The summed E-state index contributed by atoms with van der Waals surface area (Å²) in [6.07, 6.45) is 2.08. The Morgan fingerprint density at radius 1 is 1.32 bits per heavy atom. The average Bonchev–Trinajstić information content (AvgIpc) is 2.35. The maximum atomic E-state index is 13.0. The molecule has 0 bridgehead atoms. The lowest BCUT2D eigenvalue weighted by atomic mass is 10.2. The van der Waals surface area contributed by atoms with Crippen molar-refractivity contribution in [2.75, 3.05) is 0 Å². The van der Waals surface area contributed by atoms with Gasteiger partial charge in [-0.3, -0.25) is 14.3 Å². The van der Waals surface area contributed by atoms with Gasteiger partial charge >= 0.3 is 5.69 Å². The van der Waals surface area contributed by atoms with Crippen molar-refractivity contribution in [1.29, 1.82) is 0 Å². The molecule has 1 aromatic carbocycles. The summed E-state index contributed by atoms with van der Waals surface area (Å²) in [6, 6.07) is 4.27. The van der Waals surface area contributed by atoms with Gasteiger partial charge in [-0.15, -0.1) is 0 Å². The molecule has 0 atom stereocenters. The first kappa shape index (κ1) is 13.7. The topological polar surface area (TPSA) is 54.9 Å². The number of nitrogens with zero attached hydrogens (tertiary/aromatic N) is 1. The van der Waals surface area contributed by atoms with Crippen molar-refractivity contribution in [2.24, 2.45) is 0 Å². The Hall–Kier alpha value is -1.69. The minimum atomic E-state index is -0.474. The number of nitrogens with one attached hydrogen (secondary N) is 1. The molecular formula is C13H12BrFN2O2. The number of H-pyrrole nitrogens is 1. The van der Waals surface area contributed by atoms with Crippen molar-refractivity contribution in [2.45, 2.75) is 19.9 Å². The Labute approximate surface area is 117 Å². The fraction of sp³-hybridized carbons (Fsp3) is 0.231. The van der Waals surface area contributed by atoms with Gasteiger partial charge in [-0.05, 0) is 24.1 Å². The molecule has 0 aliphatic carbocycles. The highest BCUT2D eigenvalue weighted by Gasteiger charge is 2.06. The van der Waals surface area contributed by atoms with Crippen molar-refractivity contribution in [1.82, 2.24) is 9.55 Å². The minimum Gasteiger partial charge on any atom is -0.296 e. The molecule has 100 valence electrons. The number of aromatic amines is 1. The first-order valence-electron chi connectivity index (χ1n) is 5.78. The highest BCUT2D eigenvalue weighted by atomic mass is 79.9. The van der Waals surface area contributed by atoms with Crippen molar-refractivity contribution in [3.63, 3.8) is 0 Å². The number of halogens is 2. The molecule has 4 nitrogen and oxygen atoms in total. The summed E-state index contributed by atoms with van der Waals surface area (Å²) in [7, 11) is 0. The first-order valence-corrected chi connectivity index (χ1v) is 6.57. The number of aromatic nitrogens is 2. The molecule has 1 heterocycles. The second kappa shape index (κ2) is 5.52. The molecule has 0 aliphatic rings. The Bertz CT molecular complexity index is 721. The third-order valence-electron chi connectivity index (χ3n) is 2.82. The van der Waals surface area contributed by atoms with E-state index in [0.717, 1.165) is 5.56 Å². The van der Waals surface area contributed by atoms with E-state index < -0.39 is 5.69 Å². The van der Waals surface area contributed by atoms with E-state index in [0.29, 0.717) is 16.5 Å².